The van der Waals surface area contributed by atoms with Crippen molar-refractivity contribution >= 4 is 47.0 Å². The third-order valence-corrected chi connectivity index (χ3v) is 4.77. The number of thioether (sulfide) groups is 1. The molecule has 4 nitrogen and oxygen atoms in total. The number of rotatable bonds is 6. The predicted octanol–water partition coefficient (Wildman–Crippen LogP) is 7.17. The zero-order chi connectivity index (χ0) is 23.6. The average molecular weight is 481 g/mol. The lowest BCUT2D eigenvalue weighted by molar-refractivity contribution is -0.274. The van der Waals surface area contributed by atoms with Crippen molar-refractivity contribution < 1.29 is 22.7 Å². The highest BCUT2D eigenvalue weighted by molar-refractivity contribution is 7.98. The standard InChI is InChI=1S/C22H17F3N2O2S.CH3Cl/c1-30-20-10-6-5-9-19(20)26-15-27(21(28)16-7-3-2-4-8-16)17-11-13-18(14-12-17)29-22(23,24)25;1-2/h2-15H,1H3;1H3. The second-order valence-corrected chi connectivity index (χ2v) is 6.85. The maximum Gasteiger partial charge on any atom is 0.573 e. The highest BCUT2D eigenvalue weighted by atomic mass is 35.5. The number of halogens is 4. The molecule has 0 aliphatic rings. The minimum absolute atomic E-state index is 0.351. The van der Waals surface area contributed by atoms with Gasteiger partial charge in [0.2, 0.25) is 0 Å². The second-order valence-electron chi connectivity index (χ2n) is 6.00. The van der Waals surface area contributed by atoms with Gasteiger partial charge in [0, 0.05) is 16.8 Å². The van der Waals surface area contributed by atoms with Crippen LogP contribution in [0, 0.1) is 0 Å². The molecule has 0 heterocycles. The van der Waals surface area contributed by atoms with Crippen molar-refractivity contribution in [3.63, 3.8) is 0 Å². The zero-order valence-corrected chi connectivity index (χ0v) is 18.8. The van der Waals surface area contributed by atoms with E-state index in [0.29, 0.717) is 16.9 Å². The Kier molecular flexibility index (Phi) is 9.61. The van der Waals surface area contributed by atoms with E-state index in [9.17, 15) is 18.0 Å². The highest BCUT2D eigenvalue weighted by Crippen LogP contribution is 2.28. The summed E-state index contributed by atoms with van der Waals surface area (Å²) in [6.45, 7) is 0. The number of carbonyl (C=O) groups excluding carboxylic acids is 1. The molecule has 0 N–H and O–H groups in total. The Balaban J connectivity index is 0.00000176. The van der Waals surface area contributed by atoms with Crippen LogP contribution in [0.1, 0.15) is 10.4 Å². The molecule has 3 aromatic rings. The van der Waals surface area contributed by atoms with Crippen LogP contribution in [0.25, 0.3) is 0 Å². The maximum absolute atomic E-state index is 13.1. The number of alkyl halides is 4. The molecule has 0 radical (unpaired) electrons. The number of ether oxygens (including phenoxy) is 1. The molecule has 0 atom stereocenters. The second kappa shape index (κ2) is 12.2. The van der Waals surface area contributed by atoms with Gasteiger partial charge in [-0.15, -0.1) is 36.5 Å². The van der Waals surface area contributed by atoms with E-state index >= 15 is 0 Å². The van der Waals surface area contributed by atoms with Gasteiger partial charge in [-0.1, -0.05) is 30.3 Å². The fraction of sp³-hybridized carbons (Fsp3) is 0.130. The van der Waals surface area contributed by atoms with E-state index in [4.69, 9.17) is 0 Å². The first-order valence-corrected chi connectivity index (χ1v) is 11.1. The van der Waals surface area contributed by atoms with Crippen molar-refractivity contribution in [3.05, 3.63) is 84.4 Å². The number of nitrogens with zero attached hydrogens (tertiary/aromatic N) is 2. The molecule has 3 aromatic carbocycles. The van der Waals surface area contributed by atoms with Crippen LogP contribution in [0.4, 0.5) is 24.5 Å². The Morgan fingerprint density at radius 3 is 2.16 bits per heavy atom. The van der Waals surface area contributed by atoms with Gasteiger partial charge in [-0.25, -0.2) is 4.99 Å². The number of benzene rings is 3. The van der Waals surface area contributed by atoms with Crippen LogP contribution in [0.15, 0.2) is 88.8 Å². The Bertz CT molecular complexity index is 1030. The molecule has 0 unspecified atom stereocenters. The van der Waals surface area contributed by atoms with E-state index in [0.717, 1.165) is 17.0 Å². The van der Waals surface area contributed by atoms with Crippen LogP contribution >= 0.6 is 23.4 Å². The van der Waals surface area contributed by atoms with Gasteiger partial charge in [-0.2, -0.15) is 0 Å². The summed E-state index contributed by atoms with van der Waals surface area (Å²) in [7, 11) is 0. The van der Waals surface area contributed by atoms with Crippen molar-refractivity contribution in [1.82, 2.24) is 0 Å². The molecule has 0 saturated heterocycles. The number of aliphatic imine (C=N–C) groups is 1. The van der Waals surface area contributed by atoms with Crippen molar-refractivity contribution in [1.29, 1.82) is 0 Å². The SMILES string of the molecule is CCl.CSc1ccccc1N=CN(C(=O)c1ccccc1)c1ccc(OC(F)(F)F)cc1. The summed E-state index contributed by atoms with van der Waals surface area (Å²) >= 11 is 6.15. The van der Waals surface area contributed by atoms with Crippen LogP contribution in [-0.4, -0.2) is 31.2 Å². The third kappa shape index (κ3) is 7.32. The topological polar surface area (TPSA) is 41.9 Å². The molecule has 0 saturated carbocycles. The molecular formula is C23H20ClF3N2O2S. The summed E-state index contributed by atoms with van der Waals surface area (Å²) in [6.07, 6.45) is -0.0331. The minimum Gasteiger partial charge on any atom is -0.406 e. The predicted molar refractivity (Wildman–Crippen MR) is 125 cm³/mol. The van der Waals surface area contributed by atoms with Gasteiger partial charge in [0.1, 0.15) is 12.1 Å². The number of amides is 1. The van der Waals surface area contributed by atoms with Crippen molar-refractivity contribution in [2.45, 2.75) is 11.3 Å². The van der Waals surface area contributed by atoms with Gasteiger partial charge in [0.15, 0.2) is 0 Å². The van der Waals surface area contributed by atoms with E-state index in [1.54, 1.807) is 30.3 Å². The van der Waals surface area contributed by atoms with Crippen LogP contribution in [-0.2, 0) is 0 Å². The average Bonchev–Trinajstić information content (AvgIpc) is 2.81. The van der Waals surface area contributed by atoms with Gasteiger partial charge in [-0.3, -0.25) is 9.69 Å². The van der Waals surface area contributed by atoms with Crippen LogP contribution in [0.5, 0.6) is 5.75 Å². The summed E-state index contributed by atoms with van der Waals surface area (Å²) in [6, 6.07) is 21.0. The summed E-state index contributed by atoms with van der Waals surface area (Å²) < 4.78 is 41.2. The Morgan fingerprint density at radius 1 is 0.969 bits per heavy atom. The van der Waals surface area contributed by atoms with Crippen molar-refractivity contribution in [2.75, 3.05) is 17.5 Å². The van der Waals surface area contributed by atoms with Crippen LogP contribution < -0.4 is 9.64 Å². The zero-order valence-electron chi connectivity index (χ0n) is 17.2. The monoisotopic (exact) mass is 480 g/mol. The van der Waals surface area contributed by atoms with Gasteiger partial charge in [0.05, 0.1) is 11.4 Å². The number of para-hydroxylation sites is 1. The number of anilines is 1. The molecule has 0 aliphatic carbocycles. The lowest BCUT2D eigenvalue weighted by Gasteiger charge is -2.19. The molecule has 168 valence electrons. The highest BCUT2D eigenvalue weighted by Gasteiger charge is 2.31. The number of hydrogen-bond donors (Lipinski definition) is 0. The van der Waals surface area contributed by atoms with Gasteiger partial charge >= 0.3 is 6.36 Å². The molecule has 0 fully saturated rings. The summed E-state index contributed by atoms with van der Waals surface area (Å²) in [5.74, 6) is -0.742. The molecule has 1 amide bonds. The molecule has 0 aromatic heterocycles. The molecular weight excluding hydrogens is 461 g/mol. The van der Waals surface area contributed by atoms with E-state index in [2.05, 4.69) is 21.3 Å². The normalized spacial score (nSPS) is 10.9. The first-order chi connectivity index (χ1) is 15.4. The smallest absolute Gasteiger partial charge is 0.406 e. The molecule has 32 heavy (non-hydrogen) atoms. The first kappa shape index (κ1) is 25.3. The lowest BCUT2D eigenvalue weighted by Crippen LogP contribution is -2.29. The number of carbonyl (C=O) groups is 1. The van der Waals surface area contributed by atoms with E-state index < -0.39 is 6.36 Å². The van der Waals surface area contributed by atoms with E-state index in [1.165, 1.54) is 41.5 Å². The largest absolute Gasteiger partial charge is 0.573 e. The van der Waals surface area contributed by atoms with Crippen molar-refractivity contribution in [3.8, 4) is 5.75 Å². The fourth-order valence-corrected chi connectivity index (χ4v) is 3.17. The molecule has 0 bridgehead atoms. The number of hydrogen-bond acceptors (Lipinski definition) is 4. The lowest BCUT2D eigenvalue weighted by atomic mass is 10.2. The van der Waals surface area contributed by atoms with E-state index in [-0.39, 0.29) is 11.7 Å². The molecule has 0 aliphatic heterocycles. The Hall–Kier alpha value is -2.97. The first-order valence-electron chi connectivity index (χ1n) is 9.17. The van der Waals surface area contributed by atoms with Crippen LogP contribution in [0.3, 0.4) is 0 Å². The fourth-order valence-electron chi connectivity index (χ4n) is 2.62. The molecule has 9 heteroatoms. The van der Waals surface area contributed by atoms with Crippen LogP contribution in [0.2, 0.25) is 0 Å². The third-order valence-electron chi connectivity index (χ3n) is 3.99. The van der Waals surface area contributed by atoms with Crippen molar-refractivity contribution in [2.24, 2.45) is 4.99 Å². The quantitative estimate of drug-likeness (QED) is 0.162. The Labute approximate surface area is 193 Å². The maximum atomic E-state index is 13.1. The summed E-state index contributed by atoms with van der Waals surface area (Å²) in [5, 5.41) is 0. The van der Waals surface area contributed by atoms with Gasteiger partial charge < -0.3 is 4.74 Å². The Morgan fingerprint density at radius 2 is 1.56 bits per heavy atom. The summed E-state index contributed by atoms with van der Waals surface area (Å²) in [5.41, 5.74) is 1.44. The van der Waals surface area contributed by atoms with E-state index in [1.807, 2.05) is 30.5 Å². The van der Waals surface area contributed by atoms with Gasteiger partial charge in [0.25, 0.3) is 5.91 Å². The molecule has 3 rings (SSSR count). The van der Waals surface area contributed by atoms with Gasteiger partial charge in [-0.05, 0) is 54.8 Å². The minimum atomic E-state index is -4.79. The summed E-state index contributed by atoms with van der Waals surface area (Å²) in [4.78, 5) is 19.7. The molecule has 0 spiro atoms.